The maximum Gasteiger partial charge on any atom is 0.0120 e. The molecule has 0 N–H and O–H groups in total. The molecule has 2 atom stereocenters. The van der Waals surface area contributed by atoms with Gasteiger partial charge in [-0.15, -0.1) is 0 Å². The smallest absolute Gasteiger partial charge is 0.0120 e. The number of fused-ring (bicyclic) bond motifs is 2. The van der Waals surface area contributed by atoms with Gasteiger partial charge in [0.25, 0.3) is 0 Å². The van der Waals surface area contributed by atoms with Crippen molar-refractivity contribution in [3.63, 3.8) is 0 Å². The molecule has 2 aromatic carbocycles. The van der Waals surface area contributed by atoms with Crippen LogP contribution in [0.4, 0.5) is 0 Å². The zero-order chi connectivity index (χ0) is 28.2. The molecule has 0 aromatic heterocycles. The van der Waals surface area contributed by atoms with Crippen LogP contribution in [0, 0.1) is 17.3 Å². The van der Waals surface area contributed by atoms with E-state index in [1.807, 2.05) is 0 Å². The summed E-state index contributed by atoms with van der Waals surface area (Å²) in [5.74, 6) is 2.00. The normalized spacial score (nSPS) is 18.5. The second-order valence-electron chi connectivity index (χ2n) is 13.7. The summed E-state index contributed by atoms with van der Waals surface area (Å²) in [4.78, 5) is 0. The van der Waals surface area contributed by atoms with Crippen molar-refractivity contribution in [1.82, 2.24) is 0 Å². The lowest BCUT2D eigenvalue weighted by Crippen LogP contribution is -2.32. The Labute approximate surface area is 241 Å². The standard InChI is InChI=1S/C39H56/c1-9-11-13-15-19-29-21-17-23-31-35(29)25-33(27(3)4)37(31)39(7,8)38-32-24-18-22-30(20-16-14-12-10-2)36(32)26-34(38)28(5)6/h17-18,21-28,37-38H,9-16,19-20H2,1-8H3. The molecule has 0 heteroatoms. The third-order valence-corrected chi connectivity index (χ3v) is 9.79. The highest BCUT2D eigenvalue weighted by molar-refractivity contribution is 5.74. The van der Waals surface area contributed by atoms with Gasteiger partial charge in [0.2, 0.25) is 0 Å². The fourth-order valence-electron chi connectivity index (χ4n) is 7.73. The molecule has 212 valence electrons. The minimum absolute atomic E-state index is 0.0877. The number of hydrogen-bond acceptors (Lipinski definition) is 0. The Morgan fingerprint density at radius 1 is 0.590 bits per heavy atom. The van der Waals surface area contributed by atoms with Crippen LogP contribution in [0.5, 0.6) is 0 Å². The number of hydrogen-bond donors (Lipinski definition) is 0. The lowest BCUT2D eigenvalue weighted by atomic mass is 9.60. The summed E-state index contributed by atoms with van der Waals surface area (Å²) in [6.45, 7) is 19.4. The van der Waals surface area contributed by atoms with Crippen molar-refractivity contribution < 1.29 is 0 Å². The molecule has 0 nitrogen and oxygen atoms in total. The van der Waals surface area contributed by atoms with E-state index in [4.69, 9.17) is 0 Å². The van der Waals surface area contributed by atoms with Gasteiger partial charge in [0.05, 0.1) is 0 Å². The van der Waals surface area contributed by atoms with Crippen molar-refractivity contribution in [2.45, 2.75) is 131 Å². The van der Waals surface area contributed by atoms with Crippen molar-refractivity contribution in [1.29, 1.82) is 0 Å². The Bertz CT molecular complexity index is 1080. The molecule has 39 heavy (non-hydrogen) atoms. The highest BCUT2D eigenvalue weighted by atomic mass is 14.5. The number of aryl methyl sites for hydroxylation is 2. The summed E-state index contributed by atoms with van der Waals surface area (Å²) in [6, 6.07) is 14.4. The number of benzene rings is 2. The van der Waals surface area contributed by atoms with E-state index in [9.17, 15) is 0 Å². The first-order valence-corrected chi connectivity index (χ1v) is 16.4. The summed E-state index contributed by atoms with van der Waals surface area (Å²) < 4.78 is 0. The van der Waals surface area contributed by atoms with Gasteiger partial charge < -0.3 is 0 Å². The van der Waals surface area contributed by atoms with Gasteiger partial charge in [0.15, 0.2) is 0 Å². The lowest BCUT2D eigenvalue weighted by Gasteiger charge is -2.43. The van der Waals surface area contributed by atoms with Gasteiger partial charge in [-0.3, -0.25) is 0 Å². The van der Waals surface area contributed by atoms with Crippen LogP contribution in [-0.2, 0) is 12.8 Å². The van der Waals surface area contributed by atoms with Crippen LogP contribution in [0.1, 0.15) is 152 Å². The van der Waals surface area contributed by atoms with Gasteiger partial charge in [-0.1, -0.05) is 154 Å². The van der Waals surface area contributed by atoms with Crippen molar-refractivity contribution in [2.24, 2.45) is 17.3 Å². The molecule has 0 fully saturated rings. The molecule has 0 spiro atoms. The molecule has 0 heterocycles. The number of allylic oxidation sites excluding steroid dienone is 2. The van der Waals surface area contributed by atoms with E-state index in [2.05, 4.69) is 104 Å². The maximum atomic E-state index is 2.61. The Balaban J connectivity index is 1.74. The third kappa shape index (κ3) is 6.16. The van der Waals surface area contributed by atoms with Crippen LogP contribution in [0.3, 0.4) is 0 Å². The first kappa shape index (κ1) is 29.9. The minimum atomic E-state index is 0.0877. The number of unbranched alkanes of at least 4 members (excludes halogenated alkanes) is 6. The molecule has 0 amide bonds. The van der Waals surface area contributed by atoms with Gasteiger partial charge in [0, 0.05) is 11.8 Å². The van der Waals surface area contributed by atoms with Crippen molar-refractivity contribution in [2.75, 3.05) is 0 Å². The van der Waals surface area contributed by atoms with Crippen LogP contribution < -0.4 is 0 Å². The molecule has 0 aliphatic heterocycles. The van der Waals surface area contributed by atoms with Gasteiger partial charge in [-0.2, -0.15) is 0 Å². The Morgan fingerprint density at radius 2 is 1.00 bits per heavy atom. The summed E-state index contributed by atoms with van der Waals surface area (Å²) in [5.41, 5.74) is 12.8. The predicted octanol–water partition coefficient (Wildman–Crippen LogP) is 11.9. The van der Waals surface area contributed by atoms with E-state index < -0.39 is 0 Å². The zero-order valence-electron chi connectivity index (χ0n) is 26.5. The van der Waals surface area contributed by atoms with E-state index in [1.54, 1.807) is 44.5 Å². The summed E-state index contributed by atoms with van der Waals surface area (Å²) >= 11 is 0. The molecule has 2 aliphatic carbocycles. The second kappa shape index (κ2) is 13.1. The third-order valence-electron chi connectivity index (χ3n) is 9.79. The molecular weight excluding hydrogens is 468 g/mol. The number of rotatable bonds is 14. The van der Waals surface area contributed by atoms with Crippen LogP contribution >= 0.6 is 0 Å². The Morgan fingerprint density at radius 3 is 1.36 bits per heavy atom. The molecule has 0 bridgehead atoms. The first-order chi connectivity index (χ1) is 18.7. The highest BCUT2D eigenvalue weighted by Crippen LogP contribution is 2.61. The van der Waals surface area contributed by atoms with E-state index >= 15 is 0 Å². The van der Waals surface area contributed by atoms with E-state index in [0.717, 1.165) is 0 Å². The fourth-order valence-corrected chi connectivity index (χ4v) is 7.73. The lowest BCUT2D eigenvalue weighted by molar-refractivity contribution is 0.258. The Hall–Kier alpha value is -2.08. The second-order valence-corrected chi connectivity index (χ2v) is 13.7. The van der Waals surface area contributed by atoms with Crippen molar-refractivity contribution in [3.05, 3.63) is 80.9 Å². The van der Waals surface area contributed by atoms with Gasteiger partial charge in [-0.25, -0.2) is 0 Å². The van der Waals surface area contributed by atoms with Crippen molar-refractivity contribution >= 4 is 12.2 Å². The molecule has 2 unspecified atom stereocenters. The van der Waals surface area contributed by atoms with E-state index in [-0.39, 0.29) is 5.41 Å². The van der Waals surface area contributed by atoms with Crippen LogP contribution in [0.15, 0.2) is 47.5 Å². The minimum Gasteiger partial charge on any atom is -0.0654 e. The summed E-state index contributed by atoms with van der Waals surface area (Å²) in [5, 5.41) is 0. The highest BCUT2D eigenvalue weighted by Gasteiger charge is 2.48. The molecule has 4 rings (SSSR count). The average Bonchev–Trinajstić information content (AvgIpc) is 3.50. The van der Waals surface area contributed by atoms with Crippen LogP contribution in [-0.4, -0.2) is 0 Å². The topological polar surface area (TPSA) is 0 Å². The molecule has 0 radical (unpaired) electrons. The first-order valence-electron chi connectivity index (χ1n) is 16.4. The summed E-state index contributed by atoms with van der Waals surface area (Å²) in [6.07, 6.45) is 18.3. The monoisotopic (exact) mass is 524 g/mol. The average molecular weight is 525 g/mol. The molecule has 2 aromatic rings. The molecule has 0 saturated carbocycles. The zero-order valence-corrected chi connectivity index (χ0v) is 26.5. The van der Waals surface area contributed by atoms with E-state index in [0.29, 0.717) is 23.7 Å². The molecule has 2 aliphatic rings. The van der Waals surface area contributed by atoms with Gasteiger partial charge in [0.1, 0.15) is 0 Å². The largest absolute Gasteiger partial charge is 0.0654 e. The SMILES string of the molecule is CCCCCCc1cccc2c1C=C(C(C)C)C2C(C)(C)C1C(C(C)C)=Cc2c(CCCCCC)cccc21. The molecular formula is C39H56. The quantitative estimate of drug-likeness (QED) is 0.216. The Kier molecular flexibility index (Phi) is 10.0. The maximum absolute atomic E-state index is 2.61. The van der Waals surface area contributed by atoms with Gasteiger partial charge >= 0.3 is 0 Å². The summed E-state index contributed by atoms with van der Waals surface area (Å²) in [7, 11) is 0. The predicted molar refractivity (Wildman–Crippen MR) is 173 cm³/mol. The van der Waals surface area contributed by atoms with Crippen LogP contribution in [0.25, 0.3) is 12.2 Å². The molecule has 0 saturated heterocycles. The van der Waals surface area contributed by atoms with Crippen LogP contribution in [0.2, 0.25) is 0 Å². The van der Waals surface area contributed by atoms with Gasteiger partial charge in [-0.05, 0) is 76.3 Å². The van der Waals surface area contributed by atoms with Crippen molar-refractivity contribution in [3.8, 4) is 0 Å². The van der Waals surface area contributed by atoms with E-state index in [1.165, 1.54) is 64.2 Å². The fraction of sp³-hybridized carbons (Fsp3) is 0.590.